The maximum atomic E-state index is 12.1. The van der Waals surface area contributed by atoms with Crippen LogP contribution in [0.3, 0.4) is 0 Å². The minimum Gasteiger partial charge on any atom is -0.373 e. The molecule has 6 heavy (non-hydrogen) atoms. The predicted molar refractivity (Wildman–Crippen MR) is 28.7 cm³/mol. The standard InChI is InChI=1S/C3H4FIO/c4-3(5)1-6-2-3/h1-2H2. The van der Waals surface area contributed by atoms with Crippen LogP contribution in [0.25, 0.3) is 0 Å². The average molecular weight is 202 g/mol. The fourth-order valence-electron chi connectivity index (χ4n) is 0.256. The van der Waals surface area contributed by atoms with Gasteiger partial charge < -0.3 is 4.74 Å². The molecule has 0 aromatic rings. The van der Waals surface area contributed by atoms with Crippen molar-refractivity contribution in [1.29, 1.82) is 0 Å². The van der Waals surface area contributed by atoms with Crippen molar-refractivity contribution < 1.29 is 9.13 Å². The fourth-order valence-corrected chi connectivity index (χ4v) is 0.697. The molecule has 1 fully saturated rings. The van der Waals surface area contributed by atoms with Crippen LogP contribution < -0.4 is 0 Å². The van der Waals surface area contributed by atoms with Crippen LogP contribution in [-0.4, -0.2) is 16.9 Å². The van der Waals surface area contributed by atoms with Gasteiger partial charge in [-0.25, -0.2) is 4.39 Å². The highest BCUT2D eigenvalue weighted by molar-refractivity contribution is 14.1. The van der Waals surface area contributed by atoms with Crippen molar-refractivity contribution in [2.24, 2.45) is 0 Å². The van der Waals surface area contributed by atoms with Gasteiger partial charge in [0.15, 0.2) is 0 Å². The van der Waals surface area contributed by atoms with Gasteiger partial charge in [-0.15, -0.1) is 0 Å². The Morgan fingerprint density at radius 1 is 1.67 bits per heavy atom. The van der Waals surface area contributed by atoms with Crippen LogP contribution in [0.5, 0.6) is 0 Å². The monoisotopic (exact) mass is 202 g/mol. The lowest BCUT2D eigenvalue weighted by atomic mass is 10.4. The van der Waals surface area contributed by atoms with Crippen molar-refractivity contribution in [1.82, 2.24) is 0 Å². The van der Waals surface area contributed by atoms with E-state index in [1.165, 1.54) is 0 Å². The second kappa shape index (κ2) is 1.30. The largest absolute Gasteiger partial charge is 0.373 e. The van der Waals surface area contributed by atoms with Crippen molar-refractivity contribution in [2.75, 3.05) is 13.2 Å². The molecule has 0 aromatic carbocycles. The van der Waals surface area contributed by atoms with E-state index in [4.69, 9.17) is 0 Å². The van der Waals surface area contributed by atoms with E-state index in [2.05, 4.69) is 4.74 Å². The molecule has 1 rings (SSSR count). The molecular formula is C3H4FIO. The first-order valence-corrected chi connectivity index (χ1v) is 2.74. The second-order valence-corrected chi connectivity index (χ2v) is 3.28. The van der Waals surface area contributed by atoms with E-state index in [0.29, 0.717) is 0 Å². The highest BCUT2D eigenvalue weighted by Crippen LogP contribution is 2.28. The lowest BCUT2D eigenvalue weighted by molar-refractivity contribution is -0.0610. The third-order valence-electron chi connectivity index (χ3n) is 0.626. The summed E-state index contributed by atoms with van der Waals surface area (Å²) in [4.78, 5) is 0. The summed E-state index contributed by atoms with van der Waals surface area (Å²) in [6.45, 7) is 0.543. The van der Waals surface area contributed by atoms with Crippen LogP contribution in [0.15, 0.2) is 0 Å². The molecule has 0 atom stereocenters. The van der Waals surface area contributed by atoms with Crippen molar-refractivity contribution in [3.63, 3.8) is 0 Å². The number of ether oxygens (including phenoxy) is 1. The summed E-state index contributed by atoms with van der Waals surface area (Å²) in [5.74, 6) is 0. The lowest BCUT2D eigenvalue weighted by Crippen LogP contribution is -2.38. The second-order valence-electron chi connectivity index (χ2n) is 1.35. The molecule has 0 radical (unpaired) electrons. The summed E-state index contributed by atoms with van der Waals surface area (Å²) < 4.78 is 15.6. The topological polar surface area (TPSA) is 9.23 Å². The number of hydrogen-bond acceptors (Lipinski definition) is 1. The molecule has 0 bridgehead atoms. The first-order chi connectivity index (χ1) is 2.71. The Morgan fingerprint density at radius 2 is 2.00 bits per heavy atom. The molecular weight excluding hydrogens is 198 g/mol. The zero-order valence-corrected chi connectivity index (χ0v) is 5.24. The number of alkyl halides is 2. The first-order valence-electron chi connectivity index (χ1n) is 1.66. The normalized spacial score (nSPS) is 29.0. The van der Waals surface area contributed by atoms with Gasteiger partial charge in [0, 0.05) is 0 Å². The Kier molecular flexibility index (Phi) is 1.03. The molecule has 0 amide bonds. The molecule has 1 nitrogen and oxygen atoms in total. The van der Waals surface area contributed by atoms with Crippen molar-refractivity contribution in [3.8, 4) is 0 Å². The van der Waals surface area contributed by atoms with Gasteiger partial charge in [0.1, 0.15) is 0 Å². The molecule has 0 aliphatic carbocycles. The van der Waals surface area contributed by atoms with Gasteiger partial charge in [0.05, 0.1) is 13.2 Å². The number of rotatable bonds is 0. The molecule has 0 aromatic heterocycles. The maximum absolute atomic E-state index is 12.1. The van der Waals surface area contributed by atoms with Gasteiger partial charge in [0.25, 0.3) is 0 Å². The smallest absolute Gasteiger partial charge is 0.207 e. The van der Waals surface area contributed by atoms with Crippen LogP contribution in [-0.2, 0) is 4.74 Å². The van der Waals surface area contributed by atoms with E-state index in [9.17, 15) is 4.39 Å². The minimum absolute atomic E-state index is 0.271. The Hall–Kier alpha value is 0.620. The highest BCUT2D eigenvalue weighted by atomic mass is 127. The molecule has 0 saturated carbocycles. The first kappa shape index (κ1) is 4.77. The third kappa shape index (κ3) is 0.815. The van der Waals surface area contributed by atoms with Gasteiger partial charge in [-0.05, 0) is 22.6 Å². The average Bonchev–Trinajstić information content (AvgIpc) is 1.32. The van der Waals surface area contributed by atoms with E-state index in [1.54, 1.807) is 22.6 Å². The Balaban J connectivity index is 2.31. The predicted octanol–water partition coefficient (Wildman–Crippen LogP) is 1.12. The van der Waals surface area contributed by atoms with E-state index in [1.807, 2.05) is 0 Å². The van der Waals surface area contributed by atoms with E-state index in [-0.39, 0.29) is 13.2 Å². The third-order valence-corrected chi connectivity index (χ3v) is 1.25. The summed E-state index contributed by atoms with van der Waals surface area (Å²) in [7, 11) is 0. The van der Waals surface area contributed by atoms with Crippen LogP contribution in [0.4, 0.5) is 4.39 Å². The molecule has 1 aliphatic heterocycles. The van der Waals surface area contributed by atoms with E-state index >= 15 is 0 Å². The highest BCUT2D eigenvalue weighted by Gasteiger charge is 2.34. The molecule has 3 heteroatoms. The summed E-state index contributed by atoms with van der Waals surface area (Å²) >= 11 is 1.74. The van der Waals surface area contributed by atoms with Crippen molar-refractivity contribution in [3.05, 3.63) is 0 Å². The zero-order chi connectivity index (χ0) is 4.62. The summed E-state index contributed by atoms with van der Waals surface area (Å²) in [5, 5.41) is 0. The SMILES string of the molecule is FC1(I)COC1. The van der Waals surface area contributed by atoms with Crippen LogP contribution >= 0.6 is 22.6 Å². The molecule has 0 N–H and O–H groups in total. The van der Waals surface area contributed by atoms with E-state index in [0.717, 1.165) is 0 Å². The lowest BCUT2D eigenvalue weighted by Gasteiger charge is -2.27. The zero-order valence-electron chi connectivity index (χ0n) is 3.08. The summed E-state index contributed by atoms with van der Waals surface area (Å²) in [6.07, 6.45) is 0. The quantitative estimate of drug-likeness (QED) is 0.422. The Morgan fingerprint density at radius 3 is 2.00 bits per heavy atom. The molecule has 0 unspecified atom stereocenters. The van der Waals surface area contributed by atoms with Gasteiger partial charge >= 0.3 is 0 Å². The van der Waals surface area contributed by atoms with Gasteiger partial charge in [-0.2, -0.15) is 0 Å². The van der Waals surface area contributed by atoms with Gasteiger partial charge in [0.2, 0.25) is 3.68 Å². The minimum atomic E-state index is -1.03. The molecule has 1 heterocycles. The van der Waals surface area contributed by atoms with Gasteiger partial charge in [-0.1, -0.05) is 0 Å². The van der Waals surface area contributed by atoms with E-state index < -0.39 is 3.68 Å². The van der Waals surface area contributed by atoms with Crippen LogP contribution in [0, 0.1) is 0 Å². The molecule has 36 valence electrons. The molecule has 1 aliphatic rings. The summed E-state index contributed by atoms with van der Waals surface area (Å²) in [6, 6.07) is 0. The summed E-state index contributed by atoms with van der Waals surface area (Å²) in [5.41, 5.74) is 0. The maximum Gasteiger partial charge on any atom is 0.207 e. The van der Waals surface area contributed by atoms with Gasteiger partial charge in [-0.3, -0.25) is 0 Å². The van der Waals surface area contributed by atoms with Crippen molar-refractivity contribution in [2.45, 2.75) is 3.68 Å². The molecule has 0 spiro atoms. The van der Waals surface area contributed by atoms with Crippen LogP contribution in [0.1, 0.15) is 0 Å². The fraction of sp³-hybridized carbons (Fsp3) is 1.00. The van der Waals surface area contributed by atoms with Crippen LogP contribution in [0.2, 0.25) is 0 Å². The Bertz CT molecular complexity index is 57.8. The van der Waals surface area contributed by atoms with Crippen molar-refractivity contribution >= 4 is 22.6 Å². The Labute approximate surface area is 49.0 Å². The molecule has 1 saturated heterocycles. The number of hydrogen-bond donors (Lipinski definition) is 0. The number of halogens is 2.